The van der Waals surface area contributed by atoms with Crippen LogP contribution in [-0.2, 0) is 0 Å². The summed E-state index contributed by atoms with van der Waals surface area (Å²) in [5.74, 6) is 0.566. The summed E-state index contributed by atoms with van der Waals surface area (Å²) in [5.41, 5.74) is 0.756. The Morgan fingerprint density at radius 1 is 1.43 bits per heavy atom. The van der Waals surface area contributed by atoms with Crippen LogP contribution >= 0.6 is 0 Å². The van der Waals surface area contributed by atoms with Gasteiger partial charge in [-0.1, -0.05) is 12.1 Å². The van der Waals surface area contributed by atoms with E-state index in [4.69, 9.17) is 9.26 Å². The van der Waals surface area contributed by atoms with Gasteiger partial charge in [-0.3, -0.25) is 0 Å². The Morgan fingerprint density at radius 3 is 3.14 bits per heavy atom. The molecule has 0 bridgehead atoms. The molecule has 4 heteroatoms. The number of nitrogens with zero attached hydrogens (tertiary/aromatic N) is 1. The van der Waals surface area contributed by atoms with Crippen LogP contribution in [0.4, 0.5) is 0 Å². The van der Waals surface area contributed by atoms with Crippen LogP contribution in [0.25, 0.3) is 11.0 Å². The molecular formula is C10H12N2O2. The third kappa shape index (κ3) is 1.70. The predicted molar refractivity (Wildman–Crippen MR) is 53.4 cm³/mol. The van der Waals surface area contributed by atoms with E-state index >= 15 is 0 Å². The number of rotatable bonds is 4. The van der Waals surface area contributed by atoms with Gasteiger partial charge in [0, 0.05) is 6.54 Å². The molecule has 0 aliphatic heterocycles. The quantitative estimate of drug-likeness (QED) is 0.744. The van der Waals surface area contributed by atoms with Crippen LogP contribution in [-0.4, -0.2) is 25.4 Å². The highest BCUT2D eigenvalue weighted by molar-refractivity contribution is 5.81. The van der Waals surface area contributed by atoms with Crippen molar-refractivity contribution >= 4 is 11.0 Å². The molecule has 0 spiro atoms. The molecule has 0 amide bonds. The average Bonchev–Trinajstić information content (AvgIpc) is 2.63. The Balaban J connectivity index is 2.17. The molecule has 0 saturated heterocycles. The molecule has 74 valence electrons. The molecule has 4 nitrogen and oxygen atoms in total. The highest BCUT2D eigenvalue weighted by atomic mass is 16.5. The first-order valence-corrected chi connectivity index (χ1v) is 4.53. The van der Waals surface area contributed by atoms with Crippen molar-refractivity contribution in [3.05, 3.63) is 24.3 Å². The molecule has 14 heavy (non-hydrogen) atoms. The van der Waals surface area contributed by atoms with Crippen LogP contribution in [0.2, 0.25) is 0 Å². The van der Waals surface area contributed by atoms with Crippen LogP contribution in [0.1, 0.15) is 0 Å². The van der Waals surface area contributed by atoms with Crippen LogP contribution < -0.4 is 10.1 Å². The van der Waals surface area contributed by atoms with Crippen molar-refractivity contribution < 1.29 is 9.26 Å². The fourth-order valence-corrected chi connectivity index (χ4v) is 1.22. The topological polar surface area (TPSA) is 47.3 Å². The summed E-state index contributed by atoms with van der Waals surface area (Å²) in [5, 5.41) is 7.76. The standard InChI is InChI=1S/C10H12N2O2/c1-11-6-7-13-10-8-4-2-3-5-9(8)14-12-10/h2-5,11H,6-7H2,1H3. The van der Waals surface area contributed by atoms with E-state index in [0.717, 1.165) is 17.5 Å². The lowest BCUT2D eigenvalue weighted by Gasteiger charge is -2.00. The van der Waals surface area contributed by atoms with Crippen LogP contribution in [0, 0.1) is 0 Å². The molecule has 1 aromatic heterocycles. The van der Waals surface area contributed by atoms with Crippen molar-refractivity contribution in [3.8, 4) is 5.88 Å². The number of aromatic nitrogens is 1. The zero-order valence-electron chi connectivity index (χ0n) is 7.99. The van der Waals surface area contributed by atoms with E-state index in [-0.39, 0.29) is 0 Å². The summed E-state index contributed by atoms with van der Waals surface area (Å²) >= 11 is 0. The van der Waals surface area contributed by atoms with Gasteiger partial charge in [0.25, 0.3) is 5.88 Å². The highest BCUT2D eigenvalue weighted by Crippen LogP contribution is 2.23. The first-order chi connectivity index (χ1) is 6.92. The fourth-order valence-electron chi connectivity index (χ4n) is 1.22. The van der Waals surface area contributed by atoms with Gasteiger partial charge in [-0.2, -0.15) is 0 Å². The normalized spacial score (nSPS) is 10.6. The number of hydrogen-bond donors (Lipinski definition) is 1. The number of fused-ring (bicyclic) bond motifs is 1. The van der Waals surface area contributed by atoms with E-state index in [9.17, 15) is 0 Å². The second-order valence-corrected chi connectivity index (χ2v) is 2.94. The van der Waals surface area contributed by atoms with Crippen LogP contribution in [0.3, 0.4) is 0 Å². The first-order valence-electron chi connectivity index (χ1n) is 4.53. The third-order valence-corrected chi connectivity index (χ3v) is 1.94. The first kappa shape index (κ1) is 9.02. The second-order valence-electron chi connectivity index (χ2n) is 2.94. The maximum atomic E-state index is 5.43. The maximum Gasteiger partial charge on any atom is 0.262 e. The number of para-hydroxylation sites is 1. The van der Waals surface area contributed by atoms with Gasteiger partial charge in [0.15, 0.2) is 5.58 Å². The smallest absolute Gasteiger partial charge is 0.262 e. The number of likely N-dealkylation sites (N-methyl/N-ethyl adjacent to an activating group) is 1. The van der Waals surface area contributed by atoms with Crippen molar-refractivity contribution in [2.24, 2.45) is 0 Å². The Morgan fingerprint density at radius 2 is 2.29 bits per heavy atom. The molecule has 0 saturated carbocycles. The number of nitrogens with one attached hydrogen (secondary N) is 1. The Hall–Kier alpha value is -1.55. The van der Waals surface area contributed by atoms with Gasteiger partial charge in [0.2, 0.25) is 0 Å². The van der Waals surface area contributed by atoms with E-state index in [1.54, 1.807) is 0 Å². The van der Waals surface area contributed by atoms with Gasteiger partial charge in [0.05, 0.1) is 5.39 Å². The summed E-state index contributed by atoms with van der Waals surface area (Å²) in [6, 6.07) is 7.64. The molecular weight excluding hydrogens is 180 g/mol. The summed E-state index contributed by atoms with van der Waals surface area (Å²) in [4.78, 5) is 0. The Labute approximate surface area is 81.8 Å². The fraction of sp³-hybridized carbons (Fsp3) is 0.300. The van der Waals surface area contributed by atoms with Crippen LogP contribution in [0.15, 0.2) is 28.8 Å². The summed E-state index contributed by atoms with van der Waals surface area (Å²) in [7, 11) is 1.88. The molecule has 0 aliphatic carbocycles. The van der Waals surface area contributed by atoms with Gasteiger partial charge in [-0.25, -0.2) is 0 Å². The minimum absolute atomic E-state index is 0.566. The molecule has 1 N–H and O–H groups in total. The number of benzene rings is 1. The van der Waals surface area contributed by atoms with Crippen molar-refractivity contribution in [2.75, 3.05) is 20.2 Å². The van der Waals surface area contributed by atoms with Gasteiger partial charge in [-0.15, -0.1) is 0 Å². The van der Waals surface area contributed by atoms with Gasteiger partial charge >= 0.3 is 0 Å². The Bertz CT molecular complexity index is 411. The largest absolute Gasteiger partial charge is 0.474 e. The highest BCUT2D eigenvalue weighted by Gasteiger charge is 2.06. The van der Waals surface area contributed by atoms with Gasteiger partial charge in [-0.05, 0) is 24.3 Å². The van der Waals surface area contributed by atoms with Crippen molar-refractivity contribution in [2.45, 2.75) is 0 Å². The lowest BCUT2D eigenvalue weighted by atomic mass is 10.3. The van der Waals surface area contributed by atoms with E-state index < -0.39 is 0 Å². The second kappa shape index (κ2) is 4.11. The number of hydrogen-bond acceptors (Lipinski definition) is 4. The average molecular weight is 192 g/mol. The minimum atomic E-state index is 0.566. The molecule has 2 rings (SSSR count). The predicted octanol–water partition coefficient (Wildman–Crippen LogP) is 1.43. The van der Waals surface area contributed by atoms with Crippen molar-refractivity contribution in [1.29, 1.82) is 0 Å². The molecule has 1 heterocycles. The molecule has 2 aromatic rings. The molecule has 0 atom stereocenters. The van der Waals surface area contributed by atoms with Crippen LogP contribution in [0.5, 0.6) is 5.88 Å². The van der Waals surface area contributed by atoms with Crippen molar-refractivity contribution in [1.82, 2.24) is 10.5 Å². The maximum absolute atomic E-state index is 5.43. The zero-order valence-corrected chi connectivity index (χ0v) is 7.99. The lowest BCUT2D eigenvalue weighted by molar-refractivity contribution is 0.286. The van der Waals surface area contributed by atoms with Gasteiger partial charge < -0.3 is 14.6 Å². The summed E-state index contributed by atoms with van der Waals surface area (Å²) < 4.78 is 10.5. The summed E-state index contributed by atoms with van der Waals surface area (Å²) in [6.45, 7) is 1.38. The molecule has 0 radical (unpaired) electrons. The molecule has 0 unspecified atom stereocenters. The zero-order chi connectivity index (χ0) is 9.80. The molecule has 0 fully saturated rings. The monoisotopic (exact) mass is 192 g/mol. The summed E-state index contributed by atoms with van der Waals surface area (Å²) in [6.07, 6.45) is 0. The molecule has 0 aliphatic rings. The Kier molecular flexibility index (Phi) is 2.65. The van der Waals surface area contributed by atoms with Crippen molar-refractivity contribution in [3.63, 3.8) is 0 Å². The molecule has 1 aromatic carbocycles. The van der Waals surface area contributed by atoms with E-state index in [1.807, 2.05) is 31.3 Å². The van der Waals surface area contributed by atoms with E-state index in [0.29, 0.717) is 12.5 Å². The lowest BCUT2D eigenvalue weighted by Crippen LogP contribution is -2.16. The number of ether oxygens (including phenoxy) is 1. The van der Waals surface area contributed by atoms with E-state index in [1.165, 1.54) is 0 Å². The van der Waals surface area contributed by atoms with E-state index in [2.05, 4.69) is 10.5 Å². The minimum Gasteiger partial charge on any atom is -0.474 e. The van der Waals surface area contributed by atoms with Gasteiger partial charge in [0.1, 0.15) is 6.61 Å². The third-order valence-electron chi connectivity index (χ3n) is 1.94. The SMILES string of the molecule is CNCCOc1noc2ccccc12.